The van der Waals surface area contributed by atoms with Crippen molar-refractivity contribution in [1.82, 2.24) is 15.5 Å². The summed E-state index contributed by atoms with van der Waals surface area (Å²) in [4.78, 5) is 25.5. The molecule has 2 amide bonds. The number of carbonyl (C=O) groups excluding carboxylic acids is 2. The van der Waals surface area contributed by atoms with Crippen LogP contribution in [0.2, 0.25) is 0 Å². The zero-order valence-corrected chi connectivity index (χ0v) is 12.0. The van der Waals surface area contributed by atoms with Crippen molar-refractivity contribution < 1.29 is 9.59 Å². The number of piperidine rings is 2. The lowest BCUT2D eigenvalue weighted by atomic mass is 9.80. The highest BCUT2D eigenvalue weighted by Gasteiger charge is 2.31. The second-order valence-corrected chi connectivity index (χ2v) is 6.37. The first-order valence-electron chi connectivity index (χ1n) is 7.21. The van der Waals surface area contributed by atoms with E-state index in [9.17, 15) is 9.59 Å². The van der Waals surface area contributed by atoms with Crippen LogP contribution in [0.25, 0.3) is 0 Å². The SMILES string of the molecule is CN1CCC(C)(CNC(=O)C2CCC(=O)NC2)CC1. The Morgan fingerprint density at radius 2 is 2.16 bits per heavy atom. The van der Waals surface area contributed by atoms with Crippen molar-refractivity contribution in [1.29, 1.82) is 0 Å². The third kappa shape index (κ3) is 3.93. The van der Waals surface area contributed by atoms with Gasteiger partial charge in [0.25, 0.3) is 0 Å². The third-order valence-electron chi connectivity index (χ3n) is 4.52. The maximum Gasteiger partial charge on any atom is 0.224 e. The Labute approximate surface area is 115 Å². The maximum absolute atomic E-state index is 12.1. The largest absolute Gasteiger partial charge is 0.355 e. The van der Waals surface area contributed by atoms with E-state index in [2.05, 4.69) is 29.5 Å². The predicted molar refractivity (Wildman–Crippen MR) is 73.6 cm³/mol. The molecular weight excluding hydrogens is 242 g/mol. The zero-order valence-electron chi connectivity index (χ0n) is 12.0. The number of hydrogen-bond acceptors (Lipinski definition) is 3. The van der Waals surface area contributed by atoms with E-state index < -0.39 is 0 Å². The monoisotopic (exact) mass is 267 g/mol. The van der Waals surface area contributed by atoms with Crippen molar-refractivity contribution in [3.8, 4) is 0 Å². The smallest absolute Gasteiger partial charge is 0.224 e. The van der Waals surface area contributed by atoms with E-state index in [0.29, 0.717) is 19.4 Å². The van der Waals surface area contributed by atoms with Gasteiger partial charge in [-0.15, -0.1) is 0 Å². The topological polar surface area (TPSA) is 61.4 Å². The van der Waals surface area contributed by atoms with Crippen molar-refractivity contribution in [2.24, 2.45) is 11.3 Å². The van der Waals surface area contributed by atoms with Gasteiger partial charge in [0.05, 0.1) is 5.92 Å². The van der Waals surface area contributed by atoms with Gasteiger partial charge in [-0.25, -0.2) is 0 Å². The summed E-state index contributed by atoms with van der Waals surface area (Å²) in [7, 11) is 2.14. The van der Waals surface area contributed by atoms with Gasteiger partial charge in [-0.05, 0) is 44.8 Å². The summed E-state index contributed by atoms with van der Waals surface area (Å²) in [5, 5.41) is 5.84. The molecule has 108 valence electrons. The van der Waals surface area contributed by atoms with Crippen LogP contribution in [0.4, 0.5) is 0 Å². The summed E-state index contributed by atoms with van der Waals surface area (Å²) in [6.45, 7) is 5.70. The number of amides is 2. The molecule has 0 bridgehead atoms. The average Bonchev–Trinajstić information content (AvgIpc) is 2.41. The van der Waals surface area contributed by atoms with Crippen molar-refractivity contribution in [2.75, 3.05) is 33.2 Å². The summed E-state index contributed by atoms with van der Waals surface area (Å²) < 4.78 is 0. The molecule has 19 heavy (non-hydrogen) atoms. The molecule has 0 spiro atoms. The quantitative estimate of drug-likeness (QED) is 0.776. The van der Waals surface area contributed by atoms with Gasteiger partial charge < -0.3 is 15.5 Å². The third-order valence-corrected chi connectivity index (χ3v) is 4.52. The molecule has 2 fully saturated rings. The van der Waals surface area contributed by atoms with Gasteiger partial charge in [-0.2, -0.15) is 0 Å². The second-order valence-electron chi connectivity index (χ2n) is 6.37. The lowest BCUT2D eigenvalue weighted by Crippen LogP contribution is -2.47. The van der Waals surface area contributed by atoms with Gasteiger partial charge in [0.1, 0.15) is 0 Å². The minimum atomic E-state index is -0.0486. The van der Waals surface area contributed by atoms with E-state index in [-0.39, 0.29) is 23.1 Å². The van der Waals surface area contributed by atoms with Gasteiger partial charge in [-0.1, -0.05) is 6.92 Å². The Morgan fingerprint density at radius 3 is 2.74 bits per heavy atom. The summed E-state index contributed by atoms with van der Waals surface area (Å²) in [5.74, 6) is 0.110. The van der Waals surface area contributed by atoms with Gasteiger partial charge in [0.15, 0.2) is 0 Å². The number of carbonyl (C=O) groups is 2. The van der Waals surface area contributed by atoms with Crippen LogP contribution in [-0.2, 0) is 9.59 Å². The molecule has 2 aliphatic heterocycles. The molecule has 0 aromatic carbocycles. The highest BCUT2D eigenvalue weighted by atomic mass is 16.2. The molecule has 0 radical (unpaired) electrons. The van der Waals surface area contributed by atoms with Crippen LogP contribution in [0.3, 0.4) is 0 Å². The average molecular weight is 267 g/mol. The van der Waals surface area contributed by atoms with Crippen LogP contribution in [0.15, 0.2) is 0 Å². The Hall–Kier alpha value is -1.10. The van der Waals surface area contributed by atoms with E-state index in [4.69, 9.17) is 0 Å². The molecule has 2 rings (SSSR count). The minimum Gasteiger partial charge on any atom is -0.355 e. The summed E-state index contributed by atoms with van der Waals surface area (Å²) in [6.07, 6.45) is 3.41. The fourth-order valence-corrected chi connectivity index (χ4v) is 2.74. The molecule has 5 nitrogen and oxygen atoms in total. The first-order chi connectivity index (χ1) is 8.98. The second kappa shape index (κ2) is 5.90. The normalized spacial score (nSPS) is 27.7. The number of nitrogens with one attached hydrogen (secondary N) is 2. The molecule has 1 atom stereocenters. The summed E-state index contributed by atoms with van der Waals surface area (Å²) in [6, 6.07) is 0. The van der Waals surface area contributed by atoms with E-state index in [1.165, 1.54) is 0 Å². The van der Waals surface area contributed by atoms with E-state index in [1.54, 1.807) is 0 Å². The zero-order chi connectivity index (χ0) is 13.9. The molecule has 0 aromatic rings. The molecule has 1 unspecified atom stereocenters. The molecule has 2 N–H and O–H groups in total. The highest BCUT2D eigenvalue weighted by Crippen LogP contribution is 2.29. The van der Waals surface area contributed by atoms with E-state index in [1.807, 2.05) is 0 Å². The van der Waals surface area contributed by atoms with Crippen LogP contribution in [0.1, 0.15) is 32.6 Å². The standard InChI is InChI=1S/C14H25N3O2/c1-14(5-7-17(2)8-6-14)10-16-13(19)11-3-4-12(18)15-9-11/h11H,3-10H2,1-2H3,(H,15,18)(H,16,19). The van der Waals surface area contributed by atoms with E-state index in [0.717, 1.165) is 32.5 Å². The molecule has 2 heterocycles. The Kier molecular flexibility index (Phi) is 4.45. The molecule has 0 aromatic heterocycles. The Bertz CT molecular complexity index is 339. The fourth-order valence-electron chi connectivity index (χ4n) is 2.74. The number of likely N-dealkylation sites (tertiary alicyclic amines) is 1. The first kappa shape index (κ1) is 14.3. The number of rotatable bonds is 3. The molecule has 0 saturated carbocycles. The molecular formula is C14H25N3O2. The summed E-state index contributed by atoms with van der Waals surface area (Å²) in [5.41, 5.74) is 0.222. The van der Waals surface area contributed by atoms with Crippen LogP contribution in [-0.4, -0.2) is 49.9 Å². The Balaban J connectivity index is 1.75. The lowest BCUT2D eigenvalue weighted by Gasteiger charge is -2.38. The van der Waals surface area contributed by atoms with Crippen LogP contribution >= 0.6 is 0 Å². The van der Waals surface area contributed by atoms with Crippen molar-refractivity contribution in [2.45, 2.75) is 32.6 Å². The molecule has 2 aliphatic rings. The van der Waals surface area contributed by atoms with Gasteiger partial charge in [0, 0.05) is 19.5 Å². The van der Waals surface area contributed by atoms with Gasteiger partial charge in [-0.3, -0.25) is 9.59 Å². The first-order valence-corrected chi connectivity index (χ1v) is 7.21. The summed E-state index contributed by atoms with van der Waals surface area (Å²) >= 11 is 0. The van der Waals surface area contributed by atoms with Gasteiger partial charge >= 0.3 is 0 Å². The molecule has 5 heteroatoms. The van der Waals surface area contributed by atoms with Crippen LogP contribution in [0.5, 0.6) is 0 Å². The van der Waals surface area contributed by atoms with Gasteiger partial charge in [0.2, 0.25) is 11.8 Å². The van der Waals surface area contributed by atoms with E-state index >= 15 is 0 Å². The maximum atomic E-state index is 12.1. The van der Waals surface area contributed by atoms with Crippen LogP contribution < -0.4 is 10.6 Å². The van der Waals surface area contributed by atoms with Crippen molar-refractivity contribution >= 4 is 11.8 Å². The predicted octanol–water partition coefficient (Wildman–Crippen LogP) is 0.361. The van der Waals surface area contributed by atoms with Crippen molar-refractivity contribution in [3.05, 3.63) is 0 Å². The molecule has 0 aliphatic carbocycles. The van der Waals surface area contributed by atoms with Crippen molar-refractivity contribution in [3.63, 3.8) is 0 Å². The lowest BCUT2D eigenvalue weighted by molar-refractivity contribution is -0.129. The number of hydrogen-bond donors (Lipinski definition) is 2. The molecule has 2 saturated heterocycles. The van der Waals surface area contributed by atoms with Crippen LogP contribution in [0, 0.1) is 11.3 Å². The Morgan fingerprint density at radius 1 is 1.47 bits per heavy atom. The number of nitrogens with zero attached hydrogens (tertiary/aromatic N) is 1. The minimum absolute atomic E-state index is 0.0486. The highest BCUT2D eigenvalue weighted by molar-refractivity contribution is 5.83. The fraction of sp³-hybridized carbons (Fsp3) is 0.857.